The molecule has 0 bridgehead atoms. The quantitative estimate of drug-likeness (QED) is 0.920. The molecular formula is C15H16N2O3S. The van der Waals surface area contributed by atoms with Crippen LogP contribution in [0.1, 0.15) is 0 Å². The monoisotopic (exact) mass is 304 g/mol. The van der Waals surface area contributed by atoms with Crippen molar-refractivity contribution in [2.75, 3.05) is 22.4 Å². The van der Waals surface area contributed by atoms with Gasteiger partial charge >= 0.3 is 0 Å². The van der Waals surface area contributed by atoms with Crippen LogP contribution in [-0.4, -0.2) is 27.1 Å². The van der Waals surface area contributed by atoms with E-state index in [1.54, 1.807) is 54.6 Å². The fourth-order valence-electron chi connectivity index (χ4n) is 1.85. The number of nitrogens with zero attached hydrogens (tertiary/aromatic N) is 1. The van der Waals surface area contributed by atoms with Crippen LogP contribution in [0.25, 0.3) is 0 Å². The number of carbonyl (C=O) groups is 1. The number of rotatable bonds is 5. The lowest BCUT2D eigenvalue weighted by molar-refractivity contribution is -0.114. The van der Waals surface area contributed by atoms with E-state index in [0.29, 0.717) is 11.4 Å². The zero-order valence-corrected chi connectivity index (χ0v) is 12.4. The van der Waals surface area contributed by atoms with Crippen molar-refractivity contribution in [1.29, 1.82) is 0 Å². The predicted octanol–water partition coefficient (Wildman–Crippen LogP) is 2.09. The van der Waals surface area contributed by atoms with E-state index in [2.05, 4.69) is 5.32 Å². The van der Waals surface area contributed by atoms with Gasteiger partial charge in [0.1, 0.15) is 6.54 Å². The van der Waals surface area contributed by atoms with E-state index in [1.807, 2.05) is 6.07 Å². The van der Waals surface area contributed by atoms with Crippen LogP contribution in [0.15, 0.2) is 60.7 Å². The Bertz CT molecular complexity index is 700. The molecule has 0 heterocycles. The molecule has 21 heavy (non-hydrogen) atoms. The minimum absolute atomic E-state index is 0.266. The van der Waals surface area contributed by atoms with Crippen molar-refractivity contribution in [1.82, 2.24) is 0 Å². The summed E-state index contributed by atoms with van der Waals surface area (Å²) in [7, 11) is -3.53. The van der Waals surface area contributed by atoms with Gasteiger partial charge in [-0.25, -0.2) is 8.42 Å². The molecule has 2 aromatic rings. The van der Waals surface area contributed by atoms with Crippen molar-refractivity contribution < 1.29 is 13.2 Å². The summed E-state index contributed by atoms with van der Waals surface area (Å²) in [5.41, 5.74) is 1.09. The average Bonchev–Trinajstić information content (AvgIpc) is 2.45. The van der Waals surface area contributed by atoms with Gasteiger partial charge in [-0.2, -0.15) is 0 Å². The molecule has 6 heteroatoms. The fraction of sp³-hybridized carbons (Fsp3) is 0.133. The number of sulfonamides is 1. The van der Waals surface area contributed by atoms with Gasteiger partial charge in [0.25, 0.3) is 0 Å². The maximum absolute atomic E-state index is 12.0. The SMILES string of the molecule is CS(=O)(=O)N(CC(=O)Nc1ccccc1)c1ccccc1. The highest BCUT2D eigenvalue weighted by molar-refractivity contribution is 7.92. The van der Waals surface area contributed by atoms with E-state index in [9.17, 15) is 13.2 Å². The van der Waals surface area contributed by atoms with E-state index in [0.717, 1.165) is 10.6 Å². The van der Waals surface area contributed by atoms with Gasteiger partial charge in [-0.05, 0) is 24.3 Å². The Balaban J connectivity index is 2.15. The van der Waals surface area contributed by atoms with Gasteiger partial charge in [0.05, 0.1) is 11.9 Å². The molecule has 0 aliphatic rings. The van der Waals surface area contributed by atoms with Crippen molar-refractivity contribution in [3.05, 3.63) is 60.7 Å². The van der Waals surface area contributed by atoms with Crippen molar-refractivity contribution in [2.45, 2.75) is 0 Å². The third kappa shape index (κ3) is 4.32. The molecule has 0 atom stereocenters. The van der Waals surface area contributed by atoms with Crippen LogP contribution < -0.4 is 9.62 Å². The number of hydrogen-bond donors (Lipinski definition) is 1. The van der Waals surface area contributed by atoms with E-state index < -0.39 is 15.9 Å². The molecule has 0 saturated heterocycles. The summed E-state index contributed by atoms with van der Waals surface area (Å²) < 4.78 is 24.8. The largest absolute Gasteiger partial charge is 0.325 e. The minimum atomic E-state index is -3.53. The number of para-hydroxylation sites is 2. The van der Waals surface area contributed by atoms with Crippen LogP contribution in [-0.2, 0) is 14.8 Å². The first kappa shape index (κ1) is 15.1. The second kappa shape index (κ2) is 6.41. The molecule has 0 aromatic heterocycles. The fourth-order valence-corrected chi connectivity index (χ4v) is 2.70. The Labute approximate surface area is 124 Å². The highest BCUT2D eigenvalue weighted by atomic mass is 32.2. The van der Waals surface area contributed by atoms with Crippen LogP contribution in [0.2, 0.25) is 0 Å². The van der Waals surface area contributed by atoms with Gasteiger partial charge in [-0.3, -0.25) is 9.10 Å². The molecule has 0 aliphatic heterocycles. The summed E-state index contributed by atoms with van der Waals surface area (Å²) >= 11 is 0. The summed E-state index contributed by atoms with van der Waals surface area (Å²) in [6.07, 6.45) is 1.08. The lowest BCUT2D eigenvalue weighted by Crippen LogP contribution is -2.37. The van der Waals surface area contributed by atoms with Gasteiger partial charge in [0, 0.05) is 5.69 Å². The first-order chi connectivity index (χ1) is 9.97. The van der Waals surface area contributed by atoms with Crippen molar-refractivity contribution in [3.8, 4) is 0 Å². The molecule has 0 unspecified atom stereocenters. The van der Waals surface area contributed by atoms with E-state index in [-0.39, 0.29) is 6.54 Å². The molecular weight excluding hydrogens is 288 g/mol. The zero-order valence-electron chi connectivity index (χ0n) is 11.6. The number of nitrogens with one attached hydrogen (secondary N) is 1. The summed E-state index contributed by atoms with van der Waals surface area (Å²) in [4.78, 5) is 12.0. The van der Waals surface area contributed by atoms with Crippen LogP contribution in [0.5, 0.6) is 0 Å². The van der Waals surface area contributed by atoms with Gasteiger partial charge in [0.2, 0.25) is 15.9 Å². The third-order valence-electron chi connectivity index (χ3n) is 2.79. The van der Waals surface area contributed by atoms with Crippen molar-refractivity contribution in [2.24, 2.45) is 0 Å². The molecule has 110 valence electrons. The topological polar surface area (TPSA) is 66.5 Å². The average molecular weight is 304 g/mol. The lowest BCUT2D eigenvalue weighted by Gasteiger charge is -2.21. The normalized spacial score (nSPS) is 10.9. The van der Waals surface area contributed by atoms with Gasteiger partial charge in [-0.15, -0.1) is 0 Å². The third-order valence-corrected chi connectivity index (χ3v) is 3.93. The molecule has 0 saturated carbocycles. The first-order valence-electron chi connectivity index (χ1n) is 6.34. The summed E-state index contributed by atoms with van der Waals surface area (Å²) in [5, 5.41) is 2.67. The number of amides is 1. The second-order valence-electron chi connectivity index (χ2n) is 4.52. The standard InChI is InChI=1S/C15H16N2O3S/c1-21(19,20)17(14-10-6-3-7-11-14)12-15(18)16-13-8-4-2-5-9-13/h2-11H,12H2,1H3,(H,16,18). The Hall–Kier alpha value is -2.34. The Morgan fingerprint density at radius 3 is 2.05 bits per heavy atom. The molecule has 5 nitrogen and oxygen atoms in total. The van der Waals surface area contributed by atoms with Crippen molar-refractivity contribution >= 4 is 27.3 Å². The van der Waals surface area contributed by atoms with E-state index in [1.165, 1.54) is 0 Å². The minimum Gasteiger partial charge on any atom is -0.325 e. The zero-order chi connectivity index (χ0) is 15.3. The van der Waals surface area contributed by atoms with Gasteiger partial charge in [0.15, 0.2) is 0 Å². The summed E-state index contributed by atoms with van der Waals surface area (Å²) in [6, 6.07) is 17.4. The van der Waals surface area contributed by atoms with Crippen LogP contribution in [0.4, 0.5) is 11.4 Å². The van der Waals surface area contributed by atoms with Crippen LogP contribution in [0, 0.1) is 0 Å². The predicted molar refractivity (Wildman–Crippen MR) is 83.7 cm³/mol. The number of carbonyl (C=O) groups excluding carboxylic acids is 1. The molecule has 0 aliphatic carbocycles. The molecule has 2 rings (SSSR count). The molecule has 1 N–H and O–H groups in total. The van der Waals surface area contributed by atoms with Crippen LogP contribution >= 0.6 is 0 Å². The summed E-state index contributed by atoms with van der Waals surface area (Å²) in [5.74, 6) is -0.393. The van der Waals surface area contributed by atoms with E-state index in [4.69, 9.17) is 0 Å². The molecule has 2 aromatic carbocycles. The molecule has 1 amide bonds. The highest BCUT2D eigenvalue weighted by Gasteiger charge is 2.20. The first-order valence-corrected chi connectivity index (χ1v) is 8.19. The number of hydrogen-bond acceptors (Lipinski definition) is 3. The van der Waals surface area contributed by atoms with Gasteiger partial charge in [-0.1, -0.05) is 36.4 Å². The lowest BCUT2D eigenvalue weighted by atomic mass is 10.3. The summed E-state index contributed by atoms with van der Waals surface area (Å²) in [6.45, 7) is -0.266. The Morgan fingerprint density at radius 2 is 1.52 bits per heavy atom. The van der Waals surface area contributed by atoms with E-state index >= 15 is 0 Å². The van der Waals surface area contributed by atoms with Crippen LogP contribution in [0.3, 0.4) is 0 Å². The smallest absolute Gasteiger partial charge is 0.245 e. The van der Waals surface area contributed by atoms with Crippen molar-refractivity contribution in [3.63, 3.8) is 0 Å². The van der Waals surface area contributed by atoms with Gasteiger partial charge < -0.3 is 5.32 Å². The maximum Gasteiger partial charge on any atom is 0.245 e. The molecule has 0 radical (unpaired) electrons. The number of anilines is 2. The Morgan fingerprint density at radius 1 is 1.00 bits per heavy atom. The maximum atomic E-state index is 12.0. The molecule has 0 fully saturated rings. The second-order valence-corrected chi connectivity index (χ2v) is 6.43. The highest BCUT2D eigenvalue weighted by Crippen LogP contribution is 2.16. The number of benzene rings is 2. The Kier molecular flexibility index (Phi) is 4.59. The molecule has 0 spiro atoms.